The summed E-state index contributed by atoms with van der Waals surface area (Å²) in [5.41, 5.74) is 0. The van der Waals surface area contributed by atoms with E-state index in [9.17, 15) is 0 Å². The van der Waals surface area contributed by atoms with Crippen molar-refractivity contribution in [1.29, 1.82) is 0 Å². The standard InChI is InChI=1S/C6H2BrI3/c7-4-1-3(8)2-5(9)6(4)10/h1-2H. The highest BCUT2D eigenvalue weighted by molar-refractivity contribution is 14.1. The maximum absolute atomic E-state index is 3.48. The number of rotatable bonds is 0. The van der Waals surface area contributed by atoms with Gasteiger partial charge < -0.3 is 0 Å². The Morgan fingerprint density at radius 1 is 1.10 bits per heavy atom. The molecule has 0 bridgehead atoms. The topological polar surface area (TPSA) is 0 Å². The van der Waals surface area contributed by atoms with E-state index in [1.165, 1.54) is 15.2 Å². The highest BCUT2D eigenvalue weighted by atomic mass is 127. The summed E-state index contributed by atoms with van der Waals surface area (Å²) in [6, 6.07) is 4.28. The van der Waals surface area contributed by atoms with Gasteiger partial charge in [-0.1, -0.05) is 0 Å². The molecular formula is C6H2BrI3. The average Bonchev–Trinajstić information content (AvgIpc) is 1.82. The molecule has 1 aromatic carbocycles. The highest BCUT2D eigenvalue weighted by Gasteiger charge is 2.01. The Morgan fingerprint density at radius 2 is 1.70 bits per heavy atom. The van der Waals surface area contributed by atoms with Gasteiger partial charge in [0.05, 0.1) is 0 Å². The van der Waals surface area contributed by atoms with Crippen molar-refractivity contribution in [3.63, 3.8) is 0 Å². The zero-order valence-corrected chi connectivity index (χ0v) is 12.7. The molecule has 54 valence electrons. The van der Waals surface area contributed by atoms with E-state index < -0.39 is 0 Å². The molecule has 0 fully saturated rings. The van der Waals surface area contributed by atoms with Gasteiger partial charge in [-0.2, -0.15) is 0 Å². The van der Waals surface area contributed by atoms with Gasteiger partial charge in [0.25, 0.3) is 0 Å². The van der Waals surface area contributed by atoms with Crippen LogP contribution in [0.1, 0.15) is 0 Å². The summed E-state index contributed by atoms with van der Waals surface area (Å²) in [5, 5.41) is 0. The van der Waals surface area contributed by atoms with Crippen molar-refractivity contribution in [3.8, 4) is 0 Å². The van der Waals surface area contributed by atoms with Crippen molar-refractivity contribution >= 4 is 83.7 Å². The fourth-order valence-corrected chi connectivity index (χ4v) is 3.94. The van der Waals surface area contributed by atoms with Gasteiger partial charge in [-0.05, 0) is 95.8 Å². The van der Waals surface area contributed by atoms with E-state index in [-0.39, 0.29) is 0 Å². The third-order valence-electron chi connectivity index (χ3n) is 0.949. The minimum absolute atomic E-state index is 1.18. The first-order valence-corrected chi connectivity index (χ1v) is 6.44. The fraction of sp³-hybridized carbons (Fsp3) is 0. The van der Waals surface area contributed by atoms with E-state index in [2.05, 4.69) is 95.8 Å². The molecule has 0 radical (unpaired) electrons. The van der Waals surface area contributed by atoms with Gasteiger partial charge in [-0.3, -0.25) is 0 Å². The lowest BCUT2D eigenvalue weighted by Gasteiger charge is -1.99. The summed E-state index contributed by atoms with van der Waals surface area (Å²) < 4.78 is 5.05. The van der Waals surface area contributed by atoms with Crippen LogP contribution >= 0.6 is 83.7 Å². The molecule has 4 heteroatoms. The van der Waals surface area contributed by atoms with Crippen LogP contribution in [0.2, 0.25) is 0 Å². The Bertz CT molecular complexity index is 236. The predicted molar refractivity (Wildman–Crippen MR) is 72.3 cm³/mol. The van der Waals surface area contributed by atoms with E-state index in [0.29, 0.717) is 0 Å². The van der Waals surface area contributed by atoms with Gasteiger partial charge in [0.2, 0.25) is 0 Å². The maximum atomic E-state index is 3.48. The van der Waals surface area contributed by atoms with Crippen LogP contribution in [0, 0.1) is 10.7 Å². The minimum Gasteiger partial charge on any atom is -0.0496 e. The van der Waals surface area contributed by atoms with Crippen molar-refractivity contribution in [2.45, 2.75) is 0 Å². The van der Waals surface area contributed by atoms with Crippen molar-refractivity contribution < 1.29 is 0 Å². The third-order valence-corrected chi connectivity index (χ3v) is 5.98. The smallest absolute Gasteiger partial charge is 0.0406 e. The van der Waals surface area contributed by atoms with Crippen molar-refractivity contribution in [2.75, 3.05) is 0 Å². The summed E-state index contributed by atoms with van der Waals surface area (Å²) >= 11 is 10.5. The average molecular weight is 535 g/mol. The van der Waals surface area contributed by atoms with Gasteiger partial charge in [0, 0.05) is 15.2 Å². The summed E-state index contributed by atoms with van der Waals surface area (Å²) in [7, 11) is 0. The Morgan fingerprint density at radius 3 is 2.20 bits per heavy atom. The third kappa shape index (κ3) is 2.44. The first-order chi connectivity index (χ1) is 4.61. The fourth-order valence-electron chi connectivity index (χ4n) is 0.525. The lowest BCUT2D eigenvalue weighted by molar-refractivity contribution is 1.49. The van der Waals surface area contributed by atoms with Crippen LogP contribution in [0.15, 0.2) is 16.6 Å². The van der Waals surface area contributed by atoms with Gasteiger partial charge in [0.1, 0.15) is 0 Å². The molecule has 0 amide bonds. The normalized spacial score (nSPS) is 10.0. The summed E-state index contributed by atoms with van der Waals surface area (Å²) in [6.07, 6.45) is 0. The predicted octanol–water partition coefficient (Wildman–Crippen LogP) is 4.26. The molecule has 1 rings (SSSR count). The Hall–Kier alpha value is 1.89. The summed E-state index contributed by atoms with van der Waals surface area (Å²) in [5.74, 6) is 0. The van der Waals surface area contributed by atoms with Gasteiger partial charge >= 0.3 is 0 Å². The molecule has 0 aliphatic rings. The molecule has 0 unspecified atom stereocenters. The Labute approximate surface area is 109 Å². The SMILES string of the molecule is Brc1cc(I)cc(I)c1I. The minimum atomic E-state index is 1.18. The first kappa shape index (κ1) is 9.97. The van der Waals surface area contributed by atoms with Gasteiger partial charge in [0.15, 0.2) is 0 Å². The molecule has 0 nitrogen and oxygen atoms in total. The van der Waals surface area contributed by atoms with Gasteiger partial charge in [-0.25, -0.2) is 0 Å². The zero-order chi connectivity index (χ0) is 7.72. The number of benzene rings is 1. The van der Waals surface area contributed by atoms with E-state index in [0.717, 1.165) is 0 Å². The van der Waals surface area contributed by atoms with Crippen LogP contribution < -0.4 is 0 Å². The first-order valence-electron chi connectivity index (χ1n) is 2.41. The van der Waals surface area contributed by atoms with Crippen LogP contribution in [0.25, 0.3) is 0 Å². The van der Waals surface area contributed by atoms with E-state index in [1.54, 1.807) is 0 Å². The van der Waals surface area contributed by atoms with Crippen LogP contribution in [0.4, 0.5) is 0 Å². The molecule has 0 N–H and O–H groups in total. The number of hydrogen-bond donors (Lipinski definition) is 0. The highest BCUT2D eigenvalue weighted by Crippen LogP contribution is 2.26. The second kappa shape index (κ2) is 4.22. The molecular weight excluding hydrogens is 533 g/mol. The Kier molecular flexibility index (Phi) is 4.21. The Balaban J connectivity index is 3.31. The number of halogens is 4. The molecule has 0 saturated carbocycles. The van der Waals surface area contributed by atoms with Crippen molar-refractivity contribution in [3.05, 3.63) is 27.3 Å². The molecule has 0 aromatic heterocycles. The molecule has 10 heavy (non-hydrogen) atoms. The second-order valence-corrected chi connectivity index (χ2v) is 6.02. The van der Waals surface area contributed by atoms with E-state index in [4.69, 9.17) is 0 Å². The van der Waals surface area contributed by atoms with Gasteiger partial charge in [-0.15, -0.1) is 0 Å². The van der Waals surface area contributed by atoms with Crippen molar-refractivity contribution in [2.24, 2.45) is 0 Å². The lowest BCUT2D eigenvalue weighted by Crippen LogP contribution is -1.82. The summed E-state index contributed by atoms with van der Waals surface area (Å²) in [4.78, 5) is 0. The molecule has 0 heterocycles. The van der Waals surface area contributed by atoms with E-state index in [1.807, 2.05) is 0 Å². The molecule has 0 saturated heterocycles. The molecule has 0 aliphatic carbocycles. The zero-order valence-electron chi connectivity index (χ0n) is 4.67. The molecule has 1 aromatic rings. The van der Waals surface area contributed by atoms with Crippen molar-refractivity contribution in [1.82, 2.24) is 0 Å². The molecule has 0 atom stereocenters. The second-order valence-electron chi connectivity index (χ2n) is 1.68. The van der Waals surface area contributed by atoms with Crippen LogP contribution in [-0.4, -0.2) is 0 Å². The summed E-state index contributed by atoms with van der Waals surface area (Å²) in [6.45, 7) is 0. The quantitative estimate of drug-likeness (QED) is 0.265. The van der Waals surface area contributed by atoms with Crippen LogP contribution in [0.5, 0.6) is 0 Å². The monoisotopic (exact) mass is 534 g/mol. The van der Waals surface area contributed by atoms with Crippen LogP contribution in [0.3, 0.4) is 0 Å². The number of hydrogen-bond acceptors (Lipinski definition) is 0. The largest absolute Gasteiger partial charge is 0.0496 e. The maximum Gasteiger partial charge on any atom is 0.0406 e. The molecule has 0 aliphatic heterocycles. The van der Waals surface area contributed by atoms with E-state index >= 15 is 0 Å². The van der Waals surface area contributed by atoms with Crippen LogP contribution in [-0.2, 0) is 0 Å². The molecule has 0 spiro atoms. The lowest BCUT2D eigenvalue weighted by atomic mass is 10.4.